The van der Waals surface area contributed by atoms with Crippen LogP contribution in [0.4, 0.5) is 0 Å². The Balaban J connectivity index is 1.38. The van der Waals surface area contributed by atoms with E-state index in [0.717, 1.165) is 35.9 Å². The van der Waals surface area contributed by atoms with Crippen molar-refractivity contribution in [1.82, 2.24) is 10.3 Å². The average Bonchev–Trinajstić information content (AvgIpc) is 3.36. The van der Waals surface area contributed by atoms with Crippen molar-refractivity contribution < 1.29 is 4.79 Å². The minimum atomic E-state index is -0.0903. The molecule has 1 aromatic carbocycles. The normalized spacial score (nSPS) is 20.8. The Hall–Kier alpha value is -1.85. The highest BCUT2D eigenvalue weighted by atomic mass is 32.2. The predicted molar refractivity (Wildman–Crippen MR) is 143 cm³/mol. The molecule has 2 aliphatic carbocycles. The van der Waals surface area contributed by atoms with E-state index in [1.165, 1.54) is 61.0 Å². The van der Waals surface area contributed by atoms with Crippen LogP contribution in [0.2, 0.25) is 0 Å². The summed E-state index contributed by atoms with van der Waals surface area (Å²) in [6.45, 7) is 2.17. The first-order valence-electron chi connectivity index (χ1n) is 12.4. The van der Waals surface area contributed by atoms with Crippen LogP contribution in [0.25, 0.3) is 5.57 Å². The summed E-state index contributed by atoms with van der Waals surface area (Å²) in [7, 11) is 0. The third-order valence-electron chi connectivity index (χ3n) is 7.04. The van der Waals surface area contributed by atoms with Gasteiger partial charge in [-0.3, -0.25) is 4.79 Å². The van der Waals surface area contributed by atoms with Crippen molar-refractivity contribution in [2.45, 2.75) is 70.6 Å². The van der Waals surface area contributed by atoms with Gasteiger partial charge in [0.15, 0.2) is 0 Å². The monoisotopic (exact) mass is 480 g/mol. The van der Waals surface area contributed by atoms with Gasteiger partial charge in [-0.1, -0.05) is 37.3 Å². The van der Waals surface area contributed by atoms with E-state index < -0.39 is 0 Å². The van der Waals surface area contributed by atoms with Crippen molar-refractivity contribution in [3.63, 3.8) is 0 Å². The van der Waals surface area contributed by atoms with Gasteiger partial charge in [0.1, 0.15) is 5.69 Å². The molecule has 1 aromatic heterocycles. The Labute approximate surface area is 207 Å². The Kier molecular flexibility index (Phi) is 8.85. The fraction of sp³-hybridized carbons (Fsp3) is 0.500. The lowest BCUT2D eigenvalue weighted by molar-refractivity contribution is 0.0962. The highest BCUT2D eigenvalue weighted by molar-refractivity contribution is 7.98. The van der Waals surface area contributed by atoms with Crippen molar-refractivity contribution in [2.75, 3.05) is 12.0 Å². The minimum Gasteiger partial charge on any atom is -0.320 e. The molecule has 2 aromatic rings. The van der Waals surface area contributed by atoms with E-state index in [0.29, 0.717) is 11.6 Å². The van der Waals surface area contributed by atoms with Crippen molar-refractivity contribution >= 4 is 34.6 Å². The van der Waals surface area contributed by atoms with Gasteiger partial charge in [-0.25, -0.2) is 4.98 Å². The number of allylic oxidation sites excluding steroid dienone is 3. The molecular formula is C28H36N2OS2. The first kappa shape index (κ1) is 24.3. The molecule has 0 atom stereocenters. The smallest absolute Gasteiger partial charge is 0.275 e. The number of thioether (sulfide) groups is 1. The molecule has 0 aliphatic heterocycles. The second-order valence-electron chi connectivity index (χ2n) is 9.26. The standard InChI is InChI=1S/C28H36N2OS2/c1-3-20-10-14-22(15-11-20)24-8-4-5-9-25(24)29-27(31)26-19-33-28(30-26)23-16-12-21(13-17-23)7-6-18-32-2/h5,9-11,14-15,19,21,23H,3-4,6-8,12-13,16-18H2,1-2H3,(H,29,31). The third kappa shape index (κ3) is 6.39. The second kappa shape index (κ2) is 12.0. The van der Waals surface area contributed by atoms with E-state index in [-0.39, 0.29) is 5.91 Å². The van der Waals surface area contributed by atoms with Crippen LogP contribution in [-0.4, -0.2) is 22.9 Å². The fourth-order valence-corrected chi connectivity index (χ4v) is 6.43. The minimum absolute atomic E-state index is 0.0903. The number of amides is 1. The molecule has 1 saturated carbocycles. The maximum Gasteiger partial charge on any atom is 0.275 e. The van der Waals surface area contributed by atoms with E-state index in [4.69, 9.17) is 4.98 Å². The highest BCUT2D eigenvalue weighted by Crippen LogP contribution is 2.38. The number of benzene rings is 1. The SMILES string of the molecule is CCc1ccc(C2=C(NC(=O)c3csc(C4CCC(CCCSC)CC4)n3)C=CCC2)cc1. The van der Waals surface area contributed by atoms with Gasteiger partial charge in [-0.2, -0.15) is 11.8 Å². The third-order valence-corrected chi connectivity index (χ3v) is 8.75. The van der Waals surface area contributed by atoms with Crippen LogP contribution in [0.3, 0.4) is 0 Å². The summed E-state index contributed by atoms with van der Waals surface area (Å²) >= 11 is 3.61. The molecule has 1 heterocycles. The lowest BCUT2D eigenvalue weighted by Gasteiger charge is -2.27. The van der Waals surface area contributed by atoms with E-state index in [1.807, 2.05) is 17.1 Å². The summed E-state index contributed by atoms with van der Waals surface area (Å²) in [6.07, 6.45) is 17.1. The molecule has 1 N–H and O–H groups in total. The molecule has 0 saturated heterocycles. The Bertz CT molecular complexity index is 982. The number of thiazole rings is 1. The number of carbonyl (C=O) groups is 1. The lowest BCUT2D eigenvalue weighted by atomic mass is 9.80. The molecule has 0 radical (unpaired) electrons. The topological polar surface area (TPSA) is 42.0 Å². The molecule has 1 fully saturated rings. The molecule has 2 aliphatic rings. The van der Waals surface area contributed by atoms with Crippen molar-refractivity contribution in [2.24, 2.45) is 5.92 Å². The molecular weight excluding hydrogens is 444 g/mol. The summed E-state index contributed by atoms with van der Waals surface area (Å²) in [6, 6.07) is 8.73. The highest BCUT2D eigenvalue weighted by Gasteiger charge is 2.25. The van der Waals surface area contributed by atoms with Gasteiger partial charge in [0.05, 0.1) is 5.01 Å². The van der Waals surface area contributed by atoms with Gasteiger partial charge >= 0.3 is 0 Å². The molecule has 1 amide bonds. The molecule has 0 bridgehead atoms. The number of nitrogens with zero attached hydrogens (tertiary/aromatic N) is 1. The summed E-state index contributed by atoms with van der Waals surface area (Å²) in [5, 5.41) is 6.25. The van der Waals surface area contributed by atoms with Gasteiger partial charge in [-0.15, -0.1) is 11.3 Å². The van der Waals surface area contributed by atoms with Crippen LogP contribution in [-0.2, 0) is 6.42 Å². The zero-order chi connectivity index (χ0) is 23.0. The van der Waals surface area contributed by atoms with E-state index in [9.17, 15) is 4.79 Å². The van der Waals surface area contributed by atoms with Crippen molar-refractivity contribution in [3.05, 3.63) is 69.3 Å². The second-order valence-corrected chi connectivity index (χ2v) is 11.1. The van der Waals surface area contributed by atoms with Crippen LogP contribution in [0.1, 0.15) is 90.8 Å². The van der Waals surface area contributed by atoms with Gasteiger partial charge < -0.3 is 5.32 Å². The van der Waals surface area contributed by atoms with Gasteiger partial charge in [0.25, 0.3) is 5.91 Å². The first-order valence-corrected chi connectivity index (χ1v) is 14.7. The van der Waals surface area contributed by atoms with Crippen LogP contribution in [0, 0.1) is 5.92 Å². The Morgan fingerprint density at radius 3 is 2.70 bits per heavy atom. The Morgan fingerprint density at radius 1 is 1.18 bits per heavy atom. The van der Waals surface area contributed by atoms with Crippen LogP contribution in [0.15, 0.2) is 47.5 Å². The van der Waals surface area contributed by atoms with E-state index in [2.05, 4.69) is 54.9 Å². The number of aromatic nitrogens is 1. The molecule has 0 unspecified atom stereocenters. The molecule has 5 heteroatoms. The fourth-order valence-electron chi connectivity index (χ4n) is 5.00. The zero-order valence-electron chi connectivity index (χ0n) is 19.9. The number of hydrogen-bond donors (Lipinski definition) is 1. The van der Waals surface area contributed by atoms with Crippen LogP contribution >= 0.6 is 23.1 Å². The number of rotatable bonds is 9. The largest absolute Gasteiger partial charge is 0.320 e. The number of hydrogen-bond acceptors (Lipinski definition) is 4. The summed E-state index contributed by atoms with van der Waals surface area (Å²) < 4.78 is 0. The molecule has 4 rings (SSSR count). The molecule has 0 spiro atoms. The predicted octanol–water partition coefficient (Wildman–Crippen LogP) is 7.61. The summed E-state index contributed by atoms with van der Waals surface area (Å²) in [5.74, 6) is 2.59. The first-order chi connectivity index (χ1) is 16.2. The maximum absolute atomic E-state index is 13.0. The van der Waals surface area contributed by atoms with E-state index >= 15 is 0 Å². The number of nitrogens with one attached hydrogen (secondary N) is 1. The van der Waals surface area contributed by atoms with Gasteiger partial charge in [0.2, 0.25) is 0 Å². The summed E-state index contributed by atoms with van der Waals surface area (Å²) in [5.41, 5.74) is 5.21. The quantitative estimate of drug-likeness (QED) is 0.375. The Morgan fingerprint density at radius 2 is 1.97 bits per heavy atom. The van der Waals surface area contributed by atoms with Gasteiger partial charge in [-0.05, 0) is 98.5 Å². The van der Waals surface area contributed by atoms with Crippen LogP contribution in [0.5, 0.6) is 0 Å². The zero-order valence-corrected chi connectivity index (χ0v) is 21.6. The van der Waals surface area contributed by atoms with Crippen LogP contribution < -0.4 is 5.32 Å². The van der Waals surface area contributed by atoms with Crippen molar-refractivity contribution in [1.29, 1.82) is 0 Å². The molecule has 176 valence electrons. The molecule has 33 heavy (non-hydrogen) atoms. The number of carbonyl (C=O) groups excluding carboxylic acids is 1. The van der Waals surface area contributed by atoms with Crippen molar-refractivity contribution in [3.8, 4) is 0 Å². The molecule has 3 nitrogen and oxygen atoms in total. The maximum atomic E-state index is 13.0. The number of aryl methyl sites for hydroxylation is 1. The average molecular weight is 481 g/mol. The van der Waals surface area contributed by atoms with Gasteiger partial charge in [0, 0.05) is 17.0 Å². The summed E-state index contributed by atoms with van der Waals surface area (Å²) in [4.78, 5) is 17.8. The van der Waals surface area contributed by atoms with E-state index in [1.54, 1.807) is 11.3 Å². The lowest BCUT2D eigenvalue weighted by Crippen LogP contribution is -2.24.